The summed E-state index contributed by atoms with van der Waals surface area (Å²) in [6, 6.07) is 0. The molecule has 0 amide bonds. The first kappa shape index (κ1) is 11.1. The molecule has 0 heterocycles. The van der Waals surface area contributed by atoms with Crippen molar-refractivity contribution in [3.05, 3.63) is 0 Å². The number of alkyl halides is 1. The van der Waals surface area contributed by atoms with E-state index in [1.54, 1.807) is 13.8 Å². The number of halogens is 1. The molecule has 3 nitrogen and oxygen atoms in total. The molecular weight excluding hydrogens is 163 g/mol. The average molecular weight is 176 g/mol. The molecule has 0 saturated heterocycles. The number of carbonyl (C=O) groups is 2. The number of ketones is 1. The number of esters is 1. The summed E-state index contributed by atoms with van der Waals surface area (Å²) >= 11 is 0. The monoisotopic (exact) mass is 176 g/mol. The van der Waals surface area contributed by atoms with Gasteiger partial charge < -0.3 is 4.74 Å². The van der Waals surface area contributed by atoms with E-state index in [1.807, 2.05) is 0 Å². The summed E-state index contributed by atoms with van der Waals surface area (Å²) in [5.74, 6) is -1.82. The normalized spacial score (nSPS) is 12.8. The molecule has 0 aromatic heterocycles. The molecule has 0 fully saturated rings. The van der Waals surface area contributed by atoms with Gasteiger partial charge in [-0.2, -0.15) is 0 Å². The van der Waals surface area contributed by atoms with Crippen LogP contribution in [0.1, 0.15) is 27.2 Å². The van der Waals surface area contributed by atoms with E-state index >= 15 is 0 Å². The summed E-state index contributed by atoms with van der Waals surface area (Å²) in [6.07, 6.45) is -2.49. The Morgan fingerprint density at radius 2 is 1.92 bits per heavy atom. The van der Waals surface area contributed by atoms with Gasteiger partial charge in [-0.05, 0) is 13.8 Å². The second-order valence-corrected chi connectivity index (χ2v) is 2.67. The second kappa shape index (κ2) is 4.85. The highest BCUT2D eigenvalue weighted by molar-refractivity contribution is 6.01. The lowest BCUT2D eigenvalue weighted by atomic mass is 10.2. The van der Waals surface area contributed by atoms with Gasteiger partial charge in [-0.3, -0.25) is 4.79 Å². The summed E-state index contributed by atoms with van der Waals surface area (Å²) in [6.45, 7) is 4.69. The molecule has 0 saturated carbocycles. The van der Waals surface area contributed by atoms with Crippen LogP contribution in [0.2, 0.25) is 0 Å². The van der Waals surface area contributed by atoms with Crippen molar-refractivity contribution in [2.24, 2.45) is 0 Å². The topological polar surface area (TPSA) is 43.4 Å². The molecule has 0 aliphatic heterocycles. The van der Waals surface area contributed by atoms with Crippen molar-refractivity contribution in [2.45, 2.75) is 39.5 Å². The van der Waals surface area contributed by atoms with Gasteiger partial charge in [-0.15, -0.1) is 0 Å². The van der Waals surface area contributed by atoms with Gasteiger partial charge in [0.2, 0.25) is 0 Å². The van der Waals surface area contributed by atoms with Crippen molar-refractivity contribution in [2.75, 3.05) is 0 Å². The Bertz CT molecular complexity index is 177. The Kier molecular flexibility index (Phi) is 4.47. The Hall–Kier alpha value is -0.930. The predicted octanol–water partition coefficient (Wildman–Crippen LogP) is 1.26. The first-order chi connectivity index (χ1) is 5.49. The summed E-state index contributed by atoms with van der Waals surface area (Å²) in [5, 5.41) is 0. The maximum atomic E-state index is 12.7. The zero-order valence-electron chi connectivity index (χ0n) is 7.46. The van der Waals surface area contributed by atoms with Crippen LogP contribution in [-0.2, 0) is 14.3 Å². The summed E-state index contributed by atoms with van der Waals surface area (Å²) in [5.41, 5.74) is 0. The van der Waals surface area contributed by atoms with Gasteiger partial charge in [0, 0.05) is 6.42 Å². The molecule has 0 radical (unpaired) electrons. The van der Waals surface area contributed by atoms with Crippen LogP contribution in [0.25, 0.3) is 0 Å². The van der Waals surface area contributed by atoms with E-state index in [4.69, 9.17) is 0 Å². The zero-order valence-corrected chi connectivity index (χ0v) is 7.46. The molecule has 0 aromatic carbocycles. The molecule has 1 unspecified atom stereocenters. The molecule has 0 bridgehead atoms. The highest BCUT2D eigenvalue weighted by Crippen LogP contribution is 2.02. The van der Waals surface area contributed by atoms with Crippen LogP contribution in [0.15, 0.2) is 0 Å². The van der Waals surface area contributed by atoms with E-state index in [2.05, 4.69) is 4.74 Å². The van der Waals surface area contributed by atoms with Gasteiger partial charge in [0.1, 0.15) is 0 Å². The number of carbonyl (C=O) groups excluding carboxylic acids is 2. The van der Waals surface area contributed by atoms with E-state index in [0.717, 1.165) is 0 Å². The fourth-order valence-electron chi connectivity index (χ4n) is 0.603. The quantitative estimate of drug-likeness (QED) is 0.478. The van der Waals surface area contributed by atoms with Gasteiger partial charge >= 0.3 is 5.97 Å². The minimum absolute atomic E-state index is 0.00830. The summed E-state index contributed by atoms with van der Waals surface area (Å²) < 4.78 is 17.2. The highest BCUT2D eigenvalue weighted by atomic mass is 19.1. The third kappa shape index (κ3) is 3.46. The summed E-state index contributed by atoms with van der Waals surface area (Å²) in [4.78, 5) is 21.4. The third-order valence-electron chi connectivity index (χ3n) is 1.19. The molecule has 12 heavy (non-hydrogen) atoms. The van der Waals surface area contributed by atoms with Gasteiger partial charge in [0.25, 0.3) is 6.17 Å². The van der Waals surface area contributed by atoms with Crippen LogP contribution in [-0.4, -0.2) is 24.0 Å². The van der Waals surface area contributed by atoms with E-state index in [1.165, 1.54) is 6.92 Å². The van der Waals surface area contributed by atoms with E-state index in [9.17, 15) is 14.0 Å². The van der Waals surface area contributed by atoms with Crippen molar-refractivity contribution in [3.8, 4) is 0 Å². The molecule has 0 rings (SSSR count). The highest BCUT2D eigenvalue weighted by Gasteiger charge is 2.26. The Morgan fingerprint density at radius 3 is 2.25 bits per heavy atom. The van der Waals surface area contributed by atoms with Crippen LogP contribution >= 0.6 is 0 Å². The second-order valence-electron chi connectivity index (χ2n) is 2.67. The largest absolute Gasteiger partial charge is 0.460 e. The standard InChI is InChI=1S/C8H13FO3/c1-4-6(10)7(9)8(11)12-5(2)3/h5,7H,4H2,1-3H3. The van der Waals surface area contributed by atoms with E-state index in [-0.39, 0.29) is 12.5 Å². The summed E-state index contributed by atoms with van der Waals surface area (Å²) in [7, 11) is 0. The lowest BCUT2D eigenvalue weighted by Gasteiger charge is -2.09. The van der Waals surface area contributed by atoms with Crippen molar-refractivity contribution in [1.29, 1.82) is 0 Å². The van der Waals surface area contributed by atoms with Crippen molar-refractivity contribution in [1.82, 2.24) is 0 Å². The molecule has 0 spiro atoms. The minimum Gasteiger partial charge on any atom is -0.460 e. The molecule has 0 aliphatic carbocycles. The van der Waals surface area contributed by atoms with E-state index < -0.39 is 17.9 Å². The molecule has 4 heteroatoms. The fourth-order valence-corrected chi connectivity index (χ4v) is 0.603. The zero-order chi connectivity index (χ0) is 9.72. The Labute approximate surface area is 70.9 Å². The lowest BCUT2D eigenvalue weighted by Crippen LogP contribution is -2.29. The van der Waals surface area contributed by atoms with E-state index in [0.29, 0.717) is 0 Å². The van der Waals surface area contributed by atoms with Gasteiger partial charge in [0.15, 0.2) is 5.78 Å². The van der Waals surface area contributed by atoms with Crippen molar-refractivity contribution < 1.29 is 18.7 Å². The number of rotatable bonds is 4. The van der Waals surface area contributed by atoms with Crippen LogP contribution in [0.4, 0.5) is 4.39 Å². The molecule has 0 N–H and O–H groups in total. The number of hydrogen-bond acceptors (Lipinski definition) is 3. The Morgan fingerprint density at radius 1 is 1.42 bits per heavy atom. The molecular formula is C8H13FO3. The van der Waals surface area contributed by atoms with Gasteiger partial charge in [-0.25, -0.2) is 9.18 Å². The van der Waals surface area contributed by atoms with Crippen LogP contribution < -0.4 is 0 Å². The van der Waals surface area contributed by atoms with Crippen LogP contribution in [0, 0.1) is 0 Å². The fraction of sp³-hybridized carbons (Fsp3) is 0.750. The first-order valence-electron chi connectivity index (χ1n) is 3.86. The van der Waals surface area contributed by atoms with Crippen molar-refractivity contribution >= 4 is 11.8 Å². The maximum absolute atomic E-state index is 12.7. The lowest BCUT2D eigenvalue weighted by molar-refractivity contribution is -0.156. The molecule has 1 atom stereocenters. The number of Topliss-reactive ketones (excluding diaryl/α,β-unsaturated/α-hetero) is 1. The SMILES string of the molecule is CCC(=O)C(F)C(=O)OC(C)C. The molecule has 0 aliphatic rings. The van der Waals surface area contributed by atoms with Crippen LogP contribution in [0.3, 0.4) is 0 Å². The average Bonchev–Trinajstić information content (AvgIpc) is 2.00. The number of ether oxygens (including phenoxy) is 1. The van der Waals surface area contributed by atoms with Gasteiger partial charge in [0.05, 0.1) is 6.10 Å². The van der Waals surface area contributed by atoms with Gasteiger partial charge in [-0.1, -0.05) is 6.92 Å². The predicted molar refractivity (Wildman–Crippen MR) is 41.4 cm³/mol. The molecule has 70 valence electrons. The Balaban J connectivity index is 4.01. The number of hydrogen-bond donors (Lipinski definition) is 0. The smallest absolute Gasteiger partial charge is 0.348 e. The first-order valence-corrected chi connectivity index (χ1v) is 3.86. The van der Waals surface area contributed by atoms with Crippen molar-refractivity contribution in [3.63, 3.8) is 0 Å². The van der Waals surface area contributed by atoms with Crippen LogP contribution in [0.5, 0.6) is 0 Å². The molecule has 0 aromatic rings. The maximum Gasteiger partial charge on any atom is 0.348 e. The minimum atomic E-state index is -2.11. The third-order valence-corrected chi connectivity index (χ3v) is 1.19.